The van der Waals surface area contributed by atoms with Gasteiger partial charge in [0.15, 0.2) is 0 Å². The molecule has 3 aromatic rings. The van der Waals surface area contributed by atoms with E-state index >= 15 is 0 Å². The van der Waals surface area contributed by atoms with E-state index in [1.54, 1.807) is 52.3 Å². The third kappa shape index (κ3) is 12.5. The number of pyridine rings is 2. The minimum Gasteiger partial charge on any atom is -0.378 e. The molecule has 2 aromatic heterocycles. The molecule has 6 amide bonds. The summed E-state index contributed by atoms with van der Waals surface area (Å²) in [5, 5.41) is 5.28. The number of piperazine rings is 1. The highest BCUT2D eigenvalue weighted by atomic mass is 32.2. The maximum Gasteiger partial charge on any atom is 0.255 e. The summed E-state index contributed by atoms with van der Waals surface area (Å²) in [7, 11) is 0. The summed E-state index contributed by atoms with van der Waals surface area (Å²) >= 11 is 1.58. The molecule has 0 radical (unpaired) electrons. The van der Waals surface area contributed by atoms with Gasteiger partial charge in [-0.05, 0) is 79.1 Å². The first-order valence-corrected chi connectivity index (χ1v) is 22.9. The van der Waals surface area contributed by atoms with Gasteiger partial charge >= 0.3 is 0 Å². The number of unbranched alkanes of at least 4 members (excludes halogenated alkanes) is 1. The Balaban J connectivity index is 0.715. The number of nitrogens with zero attached hydrogens (tertiary/aromatic N) is 6. The molecule has 0 saturated carbocycles. The molecule has 4 aliphatic heterocycles. The normalized spacial score (nSPS) is 18.2. The maximum absolute atomic E-state index is 13.3. The molecule has 4 aliphatic rings. The van der Waals surface area contributed by atoms with Crippen molar-refractivity contribution in [3.05, 3.63) is 89.4 Å². The molecule has 1 aromatic carbocycles. The van der Waals surface area contributed by atoms with Crippen LogP contribution >= 0.6 is 11.8 Å². The van der Waals surface area contributed by atoms with E-state index < -0.39 is 11.9 Å². The van der Waals surface area contributed by atoms with Crippen LogP contribution < -0.4 is 15.5 Å². The molecule has 1 unspecified atom stereocenters. The number of rotatable bonds is 19. The van der Waals surface area contributed by atoms with Crippen molar-refractivity contribution in [3.8, 4) is 0 Å². The average molecular weight is 881 g/mol. The van der Waals surface area contributed by atoms with Crippen LogP contribution in [0.1, 0.15) is 76.8 Å². The molecular weight excluding hydrogens is 825 g/mol. The highest BCUT2D eigenvalue weighted by molar-refractivity contribution is 7.99. The topological polar surface area (TPSA) is 184 Å². The van der Waals surface area contributed by atoms with Gasteiger partial charge in [-0.25, -0.2) is 4.98 Å². The number of anilines is 1. The molecule has 334 valence electrons. The molecule has 1 atom stereocenters. The first kappa shape index (κ1) is 45.4. The van der Waals surface area contributed by atoms with E-state index in [-0.39, 0.29) is 49.2 Å². The van der Waals surface area contributed by atoms with Crippen LogP contribution in [0.3, 0.4) is 0 Å². The number of hydrogen-bond acceptors (Lipinski definition) is 12. The van der Waals surface area contributed by atoms with Crippen molar-refractivity contribution in [3.63, 3.8) is 0 Å². The molecule has 17 heteroatoms. The van der Waals surface area contributed by atoms with E-state index in [2.05, 4.69) is 25.5 Å². The SMILES string of the molecule is O=C(/C=C/c1cccnc1)NCCCCC1CCN(C(=O)c2ccc(N3CCN(C(=O)COCCOCCSc4cccc5c4CN(C4CCC(=O)NC4=O)C5=O)CC3)nc2)CC1. The molecular formula is C46H56N8O8S. The van der Waals surface area contributed by atoms with Gasteiger partial charge in [0.05, 0.1) is 25.4 Å². The number of nitrogens with one attached hydrogen (secondary N) is 2. The molecule has 2 N–H and O–H groups in total. The first-order valence-electron chi connectivity index (χ1n) is 21.9. The second-order valence-electron chi connectivity index (χ2n) is 16.1. The quantitative estimate of drug-likeness (QED) is 0.0775. The third-order valence-corrected chi connectivity index (χ3v) is 13.0. The van der Waals surface area contributed by atoms with E-state index in [9.17, 15) is 28.8 Å². The van der Waals surface area contributed by atoms with Crippen molar-refractivity contribution in [1.82, 2.24) is 35.3 Å². The van der Waals surface area contributed by atoms with Gasteiger partial charge in [-0.15, -0.1) is 11.8 Å². The van der Waals surface area contributed by atoms with Crippen molar-refractivity contribution < 1.29 is 38.2 Å². The number of benzene rings is 1. The zero-order chi connectivity index (χ0) is 44.0. The van der Waals surface area contributed by atoms with Gasteiger partial charge in [-0.1, -0.05) is 25.0 Å². The van der Waals surface area contributed by atoms with Crippen LogP contribution in [-0.4, -0.2) is 144 Å². The Labute approximate surface area is 372 Å². The van der Waals surface area contributed by atoms with Gasteiger partial charge in [0, 0.05) is 99.7 Å². The van der Waals surface area contributed by atoms with Crippen molar-refractivity contribution in [2.75, 3.05) is 82.9 Å². The van der Waals surface area contributed by atoms with Crippen LogP contribution in [0.25, 0.3) is 6.08 Å². The molecule has 0 bridgehead atoms. The summed E-state index contributed by atoms with van der Waals surface area (Å²) < 4.78 is 11.4. The van der Waals surface area contributed by atoms with E-state index in [1.165, 1.54) is 6.08 Å². The van der Waals surface area contributed by atoms with Gasteiger partial charge < -0.3 is 34.4 Å². The maximum atomic E-state index is 13.3. The lowest BCUT2D eigenvalue weighted by atomic mass is 9.91. The van der Waals surface area contributed by atoms with Crippen LogP contribution in [0.5, 0.6) is 0 Å². The lowest BCUT2D eigenvalue weighted by Gasteiger charge is -2.35. The van der Waals surface area contributed by atoms with Crippen LogP contribution in [0, 0.1) is 5.92 Å². The Kier molecular flexibility index (Phi) is 16.3. The van der Waals surface area contributed by atoms with Crippen molar-refractivity contribution in [1.29, 1.82) is 0 Å². The van der Waals surface area contributed by atoms with E-state index in [4.69, 9.17) is 9.47 Å². The van der Waals surface area contributed by atoms with Crippen LogP contribution in [-0.2, 0) is 35.2 Å². The summed E-state index contributed by atoms with van der Waals surface area (Å²) in [6, 6.07) is 12.4. The minimum atomic E-state index is -0.647. The summed E-state index contributed by atoms with van der Waals surface area (Å²) in [4.78, 5) is 92.3. The number of aromatic nitrogens is 2. The number of likely N-dealkylation sites (tertiary alicyclic amines) is 1. The van der Waals surface area contributed by atoms with Crippen molar-refractivity contribution >= 4 is 59.1 Å². The lowest BCUT2D eigenvalue weighted by molar-refractivity contribution is -0.138. The van der Waals surface area contributed by atoms with Crippen LogP contribution in [0.15, 0.2) is 72.0 Å². The first-order chi connectivity index (χ1) is 30.7. The standard InChI is InChI=1S/C46H56N8O8S/c55-41(13-9-34-6-4-17-47-29-34)48-18-2-1-5-33-15-19-53(20-16-33)45(59)35-10-12-40(49-30-35)51-21-23-52(24-22-51)43(57)32-62-26-25-61-27-28-63-39-8-3-7-36-37(39)31-54(46(36)60)38-11-14-42(56)50-44(38)58/h3-4,6-10,12-13,17,29-30,33,38H,1-2,5,11,14-16,18-28,31-32H2,(H,48,55)(H,50,56,58)/b13-9+. The van der Waals surface area contributed by atoms with E-state index in [1.807, 2.05) is 41.3 Å². The van der Waals surface area contributed by atoms with E-state index in [0.717, 1.165) is 67.0 Å². The van der Waals surface area contributed by atoms with Crippen molar-refractivity contribution in [2.24, 2.45) is 5.92 Å². The highest BCUT2D eigenvalue weighted by Crippen LogP contribution is 2.34. The molecule has 0 aliphatic carbocycles. The number of hydrogen-bond donors (Lipinski definition) is 2. The second kappa shape index (κ2) is 22.6. The summed E-state index contributed by atoms with van der Waals surface area (Å²) in [6.45, 7) is 5.84. The smallest absolute Gasteiger partial charge is 0.255 e. The zero-order valence-corrected chi connectivity index (χ0v) is 36.4. The molecule has 3 fully saturated rings. The zero-order valence-electron chi connectivity index (χ0n) is 35.6. The number of amides is 6. The van der Waals surface area contributed by atoms with Crippen LogP contribution in [0.2, 0.25) is 0 Å². The molecule has 0 spiro atoms. The van der Waals surface area contributed by atoms with Gasteiger partial charge in [0.2, 0.25) is 23.6 Å². The molecule has 16 nitrogen and oxygen atoms in total. The van der Waals surface area contributed by atoms with Gasteiger partial charge in [-0.3, -0.25) is 39.1 Å². The number of fused-ring (bicyclic) bond motifs is 1. The van der Waals surface area contributed by atoms with Gasteiger partial charge in [-0.2, -0.15) is 0 Å². The Morgan fingerprint density at radius 1 is 0.873 bits per heavy atom. The summed E-state index contributed by atoms with van der Waals surface area (Å²) in [5.74, 6) is 0.912. The number of piperidine rings is 2. The Bertz CT molecular complexity index is 2110. The third-order valence-electron chi connectivity index (χ3n) is 11.9. The fraction of sp³-hybridized carbons (Fsp3) is 0.478. The highest BCUT2D eigenvalue weighted by Gasteiger charge is 2.40. The Morgan fingerprint density at radius 3 is 2.46 bits per heavy atom. The predicted octanol–water partition coefficient (Wildman–Crippen LogP) is 3.56. The molecule has 6 heterocycles. The minimum absolute atomic E-state index is 0.00431. The lowest BCUT2D eigenvalue weighted by Crippen LogP contribution is -2.52. The second-order valence-corrected chi connectivity index (χ2v) is 17.2. The summed E-state index contributed by atoms with van der Waals surface area (Å²) in [5.41, 5.74) is 2.94. The Hall–Kier alpha value is -5.65. The van der Waals surface area contributed by atoms with Gasteiger partial charge in [0.25, 0.3) is 11.8 Å². The predicted molar refractivity (Wildman–Crippen MR) is 237 cm³/mol. The molecule has 63 heavy (non-hydrogen) atoms. The molecule has 3 saturated heterocycles. The van der Waals surface area contributed by atoms with E-state index in [0.29, 0.717) is 81.7 Å². The number of imide groups is 1. The fourth-order valence-electron chi connectivity index (χ4n) is 8.34. The molecule has 7 rings (SSSR count). The Morgan fingerprint density at radius 2 is 1.70 bits per heavy atom. The summed E-state index contributed by atoms with van der Waals surface area (Å²) in [6.07, 6.45) is 13.9. The number of carbonyl (C=O) groups is 6. The largest absolute Gasteiger partial charge is 0.378 e. The van der Waals surface area contributed by atoms with Crippen LogP contribution in [0.4, 0.5) is 5.82 Å². The van der Waals surface area contributed by atoms with Gasteiger partial charge in [0.1, 0.15) is 18.5 Å². The fourth-order valence-corrected chi connectivity index (χ4v) is 9.29. The van der Waals surface area contributed by atoms with Crippen molar-refractivity contribution in [2.45, 2.75) is 62.4 Å². The average Bonchev–Trinajstić information content (AvgIpc) is 3.65. The monoisotopic (exact) mass is 880 g/mol. The number of carbonyl (C=O) groups excluding carboxylic acids is 6. The number of thioether (sulfide) groups is 1. The number of ether oxygens (including phenoxy) is 2.